The first-order valence-electron chi connectivity index (χ1n) is 5.75. The van der Waals surface area contributed by atoms with Gasteiger partial charge in [0.1, 0.15) is 16.7 Å². The molecule has 0 aliphatic heterocycles. The number of rotatable bonds is 3. The highest BCUT2D eigenvalue weighted by atomic mass is 32.2. The first kappa shape index (κ1) is 13.8. The smallest absolute Gasteiger partial charge is 0.216 e. The number of phenols is 1. The van der Waals surface area contributed by atoms with E-state index in [-0.39, 0.29) is 15.6 Å². The molecule has 0 amide bonds. The summed E-state index contributed by atoms with van der Waals surface area (Å²) in [5.74, 6) is 0.0755. The van der Waals surface area contributed by atoms with E-state index in [0.717, 1.165) is 0 Å². The third-order valence-electron chi connectivity index (χ3n) is 2.64. The summed E-state index contributed by atoms with van der Waals surface area (Å²) < 4.78 is 24.6. The molecule has 100 valence electrons. The summed E-state index contributed by atoms with van der Waals surface area (Å²) in [4.78, 5) is -0.263. The van der Waals surface area contributed by atoms with Crippen LogP contribution in [0.4, 0.5) is 0 Å². The molecule has 0 atom stereocenters. The number of hydrogen-bond donors (Lipinski definition) is 1. The van der Waals surface area contributed by atoms with Crippen molar-refractivity contribution < 1.29 is 13.5 Å². The standard InChI is InChI=1S/C15H11NO3S/c16-11-15(10-12-6-8-13(17)9-7-12)20(18,19)14-4-2-1-3-5-14/h1-10,17H/b15-10-. The van der Waals surface area contributed by atoms with Gasteiger partial charge in [0, 0.05) is 0 Å². The average molecular weight is 285 g/mol. The first-order valence-corrected chi connectivity index (χ1v) is 7.23. The lowest BCUT2D eigenvalue weighted by molar-refractivity contribution is 0.475. The maximum absolute atomic E-state index is 12.3. The highest BCUT2D eigenvalue weighted by Crippen LogP contribution is 2.21. The molecule has 0 heterocycles. The van der Waals surface area contributed by atoms with E-state index in [9.17, 15) is 13.5 Å². The molecule has 0 saturated carbocycles. The fourth-order valence-corrected chi connectivity index (χ4v) is 2.80. The SMILES string of the molecule is N#C/C(=C/c1ccc(O)cc1)S(=O)(=O)c1ccccc1. The van der Waals surface area contributed by atoms with Gasteiger partial charge in [0.15, 0.2) is 0 Å². The monoisotopic (exact) mass is 285 g/mol. The van der Waals surface area contributed by atoms with Crippen LogP contribution in [0.3, 0.4) is 0 Å². The summed E-state index contributed by atoms with van der Waals surface area (Å²) in [5, 5.41) is 18.3. The predicted octanol–water partition coefficient (Wildman–Crippen LogP) is 2.73. The van der Waals surface area contributed by atoms with E-state index in [1.165, 1.54) is 42.5 Å². The van der Waals surface area contributed by atoms with E-state index in [0.29, 0.717) is 5.56 Å². The molecule has 0 fully saturated rings. The average Bonchev–Trinajstić information content (AvgIpc) is 2.47. The van der Waals surface area contributed by atoms with Gasteiger partial charge < -0.3 is 5.11 Å². The minimum absolute atomic E-state index is 0.0755. The van der Waals surface area contributed by atoms with Crippen molar-refractivity contribution in [3.63, 3.8) is 0 Å². The van der Waals surface area contributed by atoms with Crippen LogP contribution < -0.4 is 0 Å². The third-order valence-corrected chi connectivity index (χ3v) is 4.32. The number of aromatic hydroxyl groups is 1. The summed E-state index contributed by atoms with van der Waals surface area (Å²) >= 11 is 0. The van der Waals surface area contributed by atoms with E-state index < -0.39 is 9.84 Å². The van der Waals surface area contributed by atoms with Crippen LogP contribution in [0.1, 0.15) is 5.56 Å². The summed E-state index contributed by atoms with van der Waals surface area (Å²) in [6.07, 6.45) is 1.28. The zero-order valence-electron chi connectivity index (χ0n) is 10.4. The predicted molar refractivity (Wildman–Crippen MR) is 75.3 cm³/mol. The van der Waals surface area contributed by atoms with Gasteiger partial charge in [0.25, 0.3) is 0 Å². The number of nitrogens with zero attached hydrogens (tertiary/aromatic N) is 1. The van der Waals surface area contributed by atoms with Gasteiger partial charge in [-0.05, 0) is 35.9 Å². The van der Waals surface area contributed by atoms with E-state index in [2.05, 4.69) is 0 Å². The molecule has 2 rings (SSSR count). The Morgan fingerprint density at radius 1 is 1.05 bits per heavy atom. The van der Waals surface area contributed by atoms with Crippen molar-refractivity contribution >= 4 is 15.9 Å². The Balaban J connectivity index is 2.48. The minimum Gasteiger partial charge on any atom is -0.508 e. The van der Waals surface area contributed by atoms with Gasteiger partial charge in [-0.25, -0.2) is 8.42 Å². The summed E-state index contributed by atoms with van der Waals surface area (Å²) in [5.41, 5.74) is 0.527. The molecule has 0 aromatic heterocycles. The van der Waals surface area contributed by atoms with E-state index >= 15 is 0 Å². The van der Waals surface area contributed by atoms with Crippen LogP contribution in [0.5, 0.6) is 5.75 Å². The lowest BCUT2D eigenvalue weighted by Gasteiger charge is -2.02. The van der Waals surface area contributed by atoms with Gasteiger partial charge in [-0.2, -0.15) is 5.26 Å². The maximum Gasteiger partial charge on any atom is 0.216 e. The Hall–Kier alpha value is -2.58. The Kier molecular flexibility index (Phi) is 3.87. The van der Waals surface area contributed by atoms with Gasteiger partial charge in [-0.15, -0.1) is 0 Å². The molecule has 0 bridgehead atoms. The second-order valence-corrected chi connectivity index (χ2v) is 5.95. The molecule has 0 unspecified atom stereocenters. The summed E-state index contributed by atoms with van der Waals surface area (Å²) in [6, 6.07) is 15.4. The van der Waals surface area contributed by atoms with Crippen molar-refractivity contribution in [1.82, 2.24) is 0 Å². The van der Waals surface area contributed by atoms with Crippen LogP contribution in [0.15, 0.2) is 64.4 Å². The van der Waals surface area contributed by atoms with Crippen molar-refractivity contribution in [3.8, 4) is 11.8 Å². The zero-order valence-corrected chi connectivity index (χ0v) is 11.2. The van der Waals surface area contributed by atoms with Crippen LogP contribution in [-0.4, -0.2) is 13.5 Å². The second kappa shape index (κ2) is 5.59. The Bertz CT molecular complexity index is 770. The van der Waals surface area contributed by atoms with Crippen molar-refractivity contribution in [3.05, 3.63) is 65.1 Å². The topological polar surface area (TPSA) is 78.2 Å². The Morgan fingerprint density at radius 3 is 2.20 bits per heavy atom. The Morgan fingerprint density at radius 2 is 1.65 bits per heavy atom. The van der Waals surface area contributed by atoms with Gasteiger partial charge in [0.05, 0.1) is 4.90 Å². The Labute approximate surface area is 117 Å². The molecule has 1 N–H and O–H groups in total. The van der Waals surface area contributed by atoms with Gasteiger partial charge in [0.2, 0.25) is 9.84 Å². The molecule has 2 aromatic carbocycles. The number of benzene rings is 2. The highest BCUT2D eigenvalue weighted by molar-refractivity contribution is 7.95. The molecule has 4 nitrogen and oxygen atoms in total. The minimum atomic E-state index is -3.82. The van der Waals surface area contributed by atoms with Crippen LogP contribution in [0, 0.1) is 11.3 Å². The van der Waals surface area contributed by atoms with Gasteiger partial charge in [-0.1, -0.05) is 30.3 Å². The molecular formula is C15H11NO3S. The highest BCUT2D eigenvalue weighted by Gasteiger charge is 2.20. The third kappa shape index (κ3) is 2.87. The van der Waals surface area contributed by atoms with Crippen molar-refractivity contribution in [2.24, 2.45) is 0 Å². The zero-order chi connectivity index (χ0) is 14.6. The van der Waals surface area contributed by atoms with Crippen LogP contribution in [-0.2, 0) is 9.84 Å². The van der Waals surface area contributed by atoms with E-state index in [1.807, 2.05) is 0 Å². The normalized spacial score (nSPS) is 11.8. The van der Waals surface area contributed by atoms with Crippen LogP contribution >= 0.6 is 0 Å². The molecule has 0 saturated heterocycles. The lowest BCUT2D eigenvalue weighted by Crippen LogP contribution is -2.03. The van der Waals surface area contributed by atoms with Crippen LogP contribution in [0.25, 0.3) is 6.08 Å². The van der Waals surface area contributed by atoms with Crippen molar-refractivity contribution in [1.29, 1.82) is 5.26 Å². The molecule has 2 aromatic rings. The molecule has 0 aliphatic rings. The fourth-order valence-electron chi connectivity index (χ4n) is 1.62. The van der Waals surface area contributed by atoms with Crippen molar-refractivity contribution in [2.45, 2.75) is 4.90 Å². The number of nitriles is 1. The van der Waals surface area contributed by atoms with Crippen molar-refractivity contribution in [2.75, 3.05) is 0 Å². The molecule has 0 spiro atoms. The number of hydrogen-bond acceptors (Lipinski definition) is 4. The van der Waals surface area contributed by atoms with Gasteiger partial charge >= 0.3 is 0 Å². The number of sulfone groups is 1. The molecule has 0 aliphatic carbocycles. The van der Waals surface area contributed by atoms with E-state index in [4.69, 9.17) is 5.26 Å². The summed E-state index contributed by atoms with van der Waals surface area (Å²) in [6.45, 7) is 0. The first-order chi connectivity index (χ1) is 9.54. The summed E-state index contributed by atoms with van der Waals surface area (Å²) in [7, 11) is -3.82. The maximum atomic E-state index is 12.3. The molecule has 0 radical (unpaired) electrons. The number of phenolic OH excluding ortho intramolecular Hbond substituents is 1. The second-order valence-electron chi connectivity index (χ2n) is 4.03. The van der Waals surface area contributed by atoms with Crippen LogP contribution in [0.2, 0.25) is 0 Å². The van der Waals surface area contributed by atoms with Gasteiger partial charge in [-0.3, -0.25) is 0 Å². The van der Waals surface area contributed by atoms with E-state index in [1.54, 1.807) is 24.3 Å². The fraction of sp³-hybridized carbons (Fsp3) is 0. The largest absolute Gasteiger partial charge is 0.508 e. The molecular weight excluding hydrogens is 274 g/mol. The quantitative estimate of drug-likeness (QED) is 0.879. The molecule has 20 heavy (non-hydrogen) atoms. The lowest BCUT2D eigenvalue weighted by atomic mass is 10.2. The molecule has 5 heteroatoms. The number of allylic oxidation sites excluding steroid dienone is 1.